The molecule has 5 heterocycles. The van der Waals surface area contributed by atoms with Gasteiger partial charge >= 0.3 is 0 Å². The van der Waals surface area contributed by atoms with E-state index in [-0.39, 0.29) is 29.9 Å². The van der Waals surface area contributed by atoms with E-state index in [1.54, 1.807) is 4.52 Å². The number of anilines is 1. The largest absolute Gasteiger partial charge is 0.473 e. The van der Waals surface area contributed by atoms with Crippen LogP contribution in [-0.2, 0) is 5.54 Å². The van der Waals surface area contributed by atoms with Crippen molar-refractivity contribution in [1.29, 1.82) is 0 Å². The summed E-state index contributed by atoms with van der Waals surface area (Å²) in [7, 11) is 0. The molecule has 148 valence electrons. The molecule has 8 nitrogen and oxygen atoms in total. The molecule has 2 aliphatic heterocycles. The number of nitrogens with zero attached hydrogens (tertiary/aromatic N) is 5. The topological polar surface area (TPSA) is 84.7 Å². The normalized spacial score (nSPS) is 27.8. The number of halogens is 1. The third kappa shape index (κ3) is 2.30. The molecule has 1 aliphatic carbocycles. The second-order valence-electron chi connectivity index (χ2n) is 8.02. The molecule has 3 aliphatic rings. The third-order valence-electron chi connectivity index (χ3n) is 6.26. The van der Waals surface area contributed by atoms with Crippen LogP contribution in [0.4, 0.5) is 10.2 Å². The van der Waals surface area contributed by atoms with E-state index in [9.17, 15) is 9.18 Å². The SMILES string of the molecule is C[C@H]1CNC(=O)c2cnc3ccc(nn23)N2CC[C@H]3C[C@]32c2cc(F)cnc2O1. The monoisotopic (exact) mass is 394 g/mol. The zero-order valence-electron chi connectivity index (χ0n) is 15.8. The quantitative estimate of drug-likeness (QED) is 0.627. The smallest absolute Gasteiger partial charge is 0.271 e. The van der Waals surface area contributed by atoms with Gasteiger partial charge in [-0.3, -0.25) is 4.79 Å². The van der Waals surface area contributed by atoms with Crippen LogP contribution in [0.2, 0.25) is 0 Å². The van der Waals surface area contributed by atoms with Crippen LogP contribution in [0.1, 0.15) is 35.8 Å². The van der Waals surface area contributed by atoms with Crippen molar-refractivity contribution >= 4 is 17.4 Å². The summed E-state index contributed by atoms with van der Waals surface area (Å²) in [4.78, 5) is 23.4. The average molecular weight is 394 g/mol. The maximum absolute atomic E-state index is 14.2. The Hall–Kier alpha value is -3.23. The van der Waals surface area contributed by atoms with Crippen LogP contribution in [-0.4, -0.2) is 44.7 Å². The number of amides is 1. The van der Waals surface area contributed by atoms with Gasteiger partial charge in [0.15, 0.2) is 11.3 Å². The molecular weight excluding hydrogens is 375 g/mol. The average Bonchev–Trinajstić information content (AvgIpc) is 3.10. The highest BCUT2D eigenvalue weighted by molar-refractivity contribution is 5.93. The summed E-state index contributed by atoms with van der Waals surface area (Å²) in [5, 5.41) is 7.58. The molecule has 0 radical (unpaired) electrons. The highest BCUT2D eigenvalue weighted by Gasteiger charge is 2.65. The summed E-state index contributed by atoms with van der Waals surface area (Å²) in [5.41, 5.74) is 1.35. The fourth-order valence-electron chi connectivity index (χ4n) is 4.82. The Labute approximate surface area is 165 Å². The Morgan fingerprint density at radius 3 is 3.07 bits per heavy atom. The Morgan fingerprint density at radius 2 is 2.21 bits per heavy atom. The molecule has 1 saturated heterocycles. The molecule has 1 spiro atoms. The van der Waals surface area contributed by atoms with Crippen molar-refractivity contribution in [2.45, 2.75) is 31.4 Å². The molecule has 2 fully saturated rings. The van der Waals surface area contributed by atoms with Crippen LogP contribution in [0.3, 0.4) is 0 Å². The van der Waals surface area contributed by atoms with Gasteiger partial charge in [-0.1, -0.05) is 0 Å². The van der Waals surface area contributed by atoms with E-state index >= 15 is 0 Å². The minimum absolute atomic E-state index is 0.274. The summed E-state index contributed by atoms with van der Waals surface area (Å²) < 4.78 is 21.8. The maximum atomic E-state index is 14.2. The molecule has 0 aromatic carbocycles. The minimum Gasteiger partial charge on any atom is -0.473 e. The Morgan fingerprint density at radius 1 is 1.31 bits per heavy atom. The first kappa shape index (κ1) is 16.7. The number of carbonyl (C=O) groups is 1. The third-order valence-corrected chi connectivity index (χ3v) is 6.26. The van der Waals surface area contributed by atoms with Gasteiger partial charge in [-0.25, -0.2) is 18.9 Å². The first-order chi connectivity index (χ1) is 14.1. The van der Waals surface area contributed by atoms with Crippen LogP contribution >= 0.6 is 0 Å². The predicted molar refractivity (Wildman–Crippen MR) is 101 cm³/mol. The first-order valence-electron chi connectivity index (χ1n) is 9.79. The summed E-state index contributed by atoms with van der Waals surface area (Å²) in [5.74, 6) is 0.888. The molecule has 9 heteroatoms. The minimum atomic E-state index is -0.384. The predicted octanol–water partition coefficient (Wildman–Crippen LogP) is 1.90. The van der Waals surface area contributed by atoms with E-state index in [0.717, 1.165) is 30.8 Å². The Bertz CT molecular complexity index is 1160. The fraction of sp³-hybridized carbons (Fsp3) is 0.400. The molecule has 1 N–H and O–H groups in total. The number of hydrogen-bond donors (Lipinski definition) is 1. The number of imidazole rings is 1. The molecule has 3 aromatic rings. The zero-order valence-corrected chi connectivity index (χ0v) is 15.8. The number of piperidine rings is 1. The van der Waals surface area contributed by atoms with E-state index in [1.165, 1.54) is 18.5 Å². The van der Waals surface area contributed by atoms with Gasteiger partial charge in [0.1, 0.15) is 17.7 Å². The van der Waals surface area contributed by atoms with E-state index in [0.29, 0.717) is 23.1 Å². The molecule has 0 unspecified atom stereocenters. The summed E-state index contributed by atoms with van der Waals surface area (Å²) >= 11 is 0. The molecule has 3 aromatic heterocycles. The van der Waals surface area contributed by atoms with Gasteiger partial charge in [-0.05, 0) is 43.9 Å². The van der Waals surface area contributed by atoms with Crippen molar-refractivity contribution < 1.29 is 13.9 Å². The van der Waals surface area contributed by atoms with Crippen molar-refractivity contribution in [3.8, 4) is 5.88 Å². The maximum Gasteiger partial charge on any atom is 0.271 e. The van der Waals surface area contributed by atoms with Crippen molar-refractivity contribution in [3.05, 3.63) is 47.7 Å². The van der Waals surface area contributed by atoms with Crippen molar-refractivity contribution in [2.75, 3.05) is 18.0 Å². The van der Waals surface area contributed by atoms with Crippen LogP contribution in [0.15, 0.2) is 30.6 Å². The van der Waals surface area contributed by atoms with Gasteiger partial charge < -0.3 is 15.0 Å². The number of hydrogen-bond acceptors (Lipinski definition) is 6. The lowest BCUT2D eigenvalue weighted by Gasteiger charge is -2.31. The Balaban J connectivity index is 1.58. The second kappa shape index (κ2) is 5.65. The van der Waals surface area contributed by atoms with Gasteiger partial charge in [-0.15, -0.1) is 5.10 Å². The standard InChI is InChI=1S/C20H19FN6O2/c1-11-8-23-18(28)15-10-22-16-2-3-17(25-27(15)16)26-5-4-12-7-20(12,26)14-6-13(21)9-24-19(14)29-11/h2-3,6,9-12H,4-5,7-8H2,1H3,(H,23,28)/t11-,12-,20+/m0/s1. The number of ether oxygens (including phenoxy) is 1. The molecule has 29 heavy (non-hydrogen) atoms. The van der Waals surface area contributed by atoms with Gasteiger partial charge in [0.2, 0.25) is 5.88 Å². The van der Waals surface area contributed by atoms with Crippen molar-refractivity contribution in [3.63, 3.8) is 0 Å². The van der Waals surface area contributed by atoms with Crippen LogP contribution < -0.4 is 15.0 Å². The summed E-state index contributed by atoms with van der Waals surface area (Å²) in [6, 6.07) is 5.29. The lowest BCUT2D eigenvalue weighted by molar-refractivity contribution is 0.0923. The molecule has 3 atom stereocenters. The molecule has 1 amide bonds. The van der Waals surface area contributed by atoms with Crippen LogP contribution in [0, 0.1) is 11.7 Å². The summed E-state index contributed by atoms with van der Waals surface area (Å²) in [6.45, 7) is 2.93. The number of nitrogens with one attached hydrogen (secondary N) is 1. The van der Waals surface area contributed by atoms with Crippen LogP contribution in [0.25, 0.3) is 5.65 Å². The van der Waals surface area contributed by atoms with E-state index in [1.807, 2.05) is 19.1 Å². The highest BCUT2D eigenvalue weighted by Crippen LogP contribution is 2.64. The highest BCUT2D eigenvalue weighted by atomic mass is 19.1. The molecule has 2 bridgehead atoms. The number of fused-ring (bicyclic) bond motifs is 3. The van der Waals surface area contributed by atoms with Crippen molar-refractivity contribution in [2.24, 2.45) is 5.92 Å². The molecule has 1 saturated carbocycles. The van der Waals surface area contributed by atoms with Gasteiger partial charge in [-0.2, -0.15) is 0 Å². The van der Waals surface area contributed by atoms with Crippen molar-refractivity contribution in [1.82, 2.24) is 24.9 Å². The van der Waals surface area contributed by atoms with E-state index in [4.69, 9.17) is 9.84 Å². The molecular formula is C20H19FN6O2. The zero-order chi connectivity index (χ0) is 19.8. The number of aromatic nitrogens is 4. The van der Waals surface area contributed by atoms with Gasteiger partial charge in [0.25, 0.3) is 5.91 Å². The van der Waals surface area contributed by atoms with E-state index in [2.05, 4.69) is 20.2 Å². The lowest BCUT2D eigenvalue weighted by Crippen LogP contribution is -2.35. The van der Waals surface area contributed by atoms with Gasteiger partial charge in [0, 0.05) is 12.1 Å². The van der Waals surface area contributed by atoms with E-state index < -0.39 is 0 Å². The number of rotatable bonds is 0. The Kier molecular flexibility index (Phi) is 3.25. The van der Waals surface area contributed by atoms with Crippen LogP contribution in [0.5, 0.6) is 5.88 Å². The first-order valence-corrected chi connectivity index (χ1v) is 9.79. The second-order valence-corrected chi connectivity index (χ2v) is 8.02. The lowest BCUT2D eigenvalue weighted by atomic mass is 10.0. The molecule has 6 rings (SSSR count). The van der Waals surface area contributed by atoms with Gasteiger partial charge in [0.05, 0.1) is 24.5 Å². The summed E-state index contributed by atoms with van der Waals surface area (Å²) in [6.07, 6.45) is 4.26. The fourth-order valence-corrected chi connectivity index (χ4v) is 4.82. The number of pyridine rings is 1. The number of carbonyl (C=O) groups excluding carboxylic acids is 1.